The molecular formula is C44H74O2S. The second kappa shape index (κ2) is 20.8. The fourth-order valence-corrected chi connectivity index (χ4v) is 8.23. The van der Waals surface area contributed by atoms with Gasteiger partial charge in [0.15, 0.2) is 0 Å². The van der Waals surface area contributed by atoms with Gasteiger partial charge in [0.05, 0.1) is 0 Å². The van der Waals surface area contributed by atoms with E-state index in [-0.39, 0.29) is 16.7 Å². The standard InChI is InChI=1S/C44H74O2S/c1-11-12-13-14-15-16-17-18-19-20-21-22-23-24-25-26-27-47-35(4)30-38(36-31-39(43(5,6)7)41(45)28-33(36)2)37-32-40(44(8,9)10)42(46)29-34(37)3/h28-29,31-32,35,38,45-46H,11-27,30H2,1-10H3. The molecule has 0 saturated heterocycles. The number of phenolic OH excluding ortho intramolecular Hbond substituents is 2. The first-order chi connectivity index (χ1) is 22.2. The molecule has 47 heavy (non-hydrogen) atoms. The van der Waals surface area contributed by atoms with Gasteiger partial charge in [-0.05, 0) is 88.8 Å². The highest BCUT2D eigenvalue weighted by Gasteiger charge is 2.28. The average molecular weight is 667 g/mol. The molecule has 2 aromatic rings. The first-order valence-electron chi connectivity index (χ1n) is 19.5. The fraction of sp³-hybridized carbons (Fsp3) is 0.727. The van der Waals surface area contributed by atoms with E-state index < -0.39 is 0 Å². The maximum atomic E-state index is 10.9. The van der Waals surface area contributed by atoms with Gasteiger partial charge in [-0.15, -0.1) is 0 Å². The van der Waals surface area contributed by atoms with Crippen LogP contribution < -0.4 is 0 Å². The first kappa shape index (κ1) is 41.6. The van der Waals surface area contributed by atoms with Gasteiger partial charge in [-0.25, -0.2) is 0 Å². The second-order valence-corrected chi connectivity index (χ2v) is 18.3. The largest absolute Gasteiger partial charge is 0.508 e. The SMILES string of the molecule is CCCCCCCCCCCCCCCCCCSC(C)CC(c1cc(C(C)(C)C)c(O)cc1C)c1cc(C(C)(C)C)c(O)cc1C. The molecule has 1 atom stereocenters. The van der Waals surface area contributed by atoms with Gasteiger partial charge in [0.25, 0.3) is 0 Å². The zero-order chi connectivity index (χ0) is 35.0. The Labute approximate surface area is 296 Å². The number of hydrogen-bond acceptors (Lipinski definition) is 3. The summed E-state index contributed by atoms with van der Waals surface area (Å²) in [5.41, 5.74) is 6.59. The Morgan fingerprint density at radius 2 is 0.894 bits per heavy atom. The van der Waals surface area contributed by atoms with Crippen molar-refractivity contribution in [2.24, 2.45) is 0 Å². The Balaban J connectivity index is 1.91. The molecular weight excluding hydrogens is 593 g/mol. The number of unbranched alkanes of at least 4 members (excludes halogenated alkanes) is 15. The third-order valence-corrected chi connectivity index (χ3v) is 11.4. The lowest BCUT2D eigenvalue weighted by molar-refractivity contribution is 0.445. The summed E-state index contributed by atoms with van der Waals surface area (Å²) in [7, 11) is 0. The summed E-state index contributed by atoms with van der Waals surface area (Å²) in [6.45, 7) is 22.0. The summed E-state index contributed by atoms with van der Waals surface area (Å²) in [5.74, 6) is 2.20. The number of benzene rings is 2. The maximum Gasteiger partial charge on any atom is 0.119 e. The lowest BCUT2D eigenvalue weighted by atomic mass is 9.76. The van der Waals surface area contributed by atoms with Crippen LogP contribution in [0.3, 0.4) is 0 Å². The van der Waals surface area contributed by atoms with E-state index in [9.17, 15) is 10.2 Å². The Kier molecular flexibility index (Phi) is 18.4. The highest BCUT2D eigenvalue weighted by molar-refractivity contribution is 7.99. The topological polar surface area (TPSA) is 40.5 Å². The maximum absolute atomic E-state index is 10.9. The molecule has 3 heteroatoms. The Morgan fingerprint density at radius 1 is 0.553 bits per heavy atom. The number of phenols is 2. The Morgan fingerprint density at radius 3 is 1.23 bits per heavy atom. The summed E-state index contributed by atoms with van der Waals surface area (Å²) in [6, 6.07) is 8.48. The van der Waals surface area contributed by atoms with Crippen LogP contribution in [0.1, 0.15) is 204 Å². The summed E-state index contributed by atoms with van der Waals surface area (Å²) < 4.78 is 0. The van der Waals surface area contributed by atoms with Gasteiger partial charge >= 0.3 is 0 Å². The van der Waals surface area contributed by atoms with Crippen molar-refractivity contribution in [1.82, 2.24) is 0 Å². The number of aryl methyl sites for hydroxylation is 2. The van der Waals surface area contributed by atoms with E-state index in [0.29, 0.717) is 16.7 Å². The van der Waals surface area contributed by atoms with Crippen molar-refractivity contribution in [2.75, 3.05) is 5.75 Å². The zero-order valence-electron chi connectivity index (χ0n) is 32.5. The van der Waals surface area contributed by atoms with Gasteiger partial charge < -0.3 is 10.2 Å². The third-order valence-electron chi connectivity index (χ3n) is 10.1. The lowest BCUT2D eigenvalue weighted by Gasteiger charge is -2.30. The van der Waals surface area contributed by atoms with Gasteiger partial charge in [0.1, 0.15) is 11.5 Å². The van der Waals surface area contributed by atoms with Crippen molar-refractivity contribution in [3.8, 4) is 11.5 Å². The van der Waals surface area contributed by atoms with Crippen LogP contribution >= 0.6 is 11.8 Å². The quantitative estimate of drug-likeness (QED) is 0.123. The van der Waals surface area contributed by atoms with Crippen molar-refractivity contribution in [1.29, 1.82) is 0 Å². The van der Waals surface area contributed by atoms with Crippen molar-refractivity contribution >= 4 is 11.8 Å². The van der Waals surface area contributed by atoms with Crippen LogP contribution in [-0.4, -0.2) is 21.2 Å². The molecule has 0 aliphatic carbocycles. The third kappa shape index (κ3) is 14.8. The smallest absolute Gasteiger partial charge is 0.119 e. The molecule has 0 aromatic heterocycles. The first-order valence-corrected chi connectivity index (χ1v) is 20.5. The van der Waals surface area contributed by atoms with E-state index in [1.54, 1.807) is 0 Å². The lowest BCUT2D eigenvalue weighted by Crippen LogP contribution is -2.17. The monoisotopic (exact) mass is 667 g/mol. The van der Waals surface area contributed by atoms with Crippen LogP contribution in [-0.2, 0) is 10.8 Å². The summed E-state index contributed by atoms with van der Waals surface area (Å²) in [6.07, 6.45) is 23.6. The van der Waals surface area contributed by atoms with Crippen molar-refractivity contribution in [2.45, 2.75) is 200 Å². The highest BCUT2D eigenvalue weighted by Crippen LogP contribution is 2.43. The van der Waals surface area contributed by atoms with Gasteiger partial charge in [0.2, 0.25) is 0 Å². The minimum Gasteiger partial charge on any atom is -0.508 e. The molecule has 2 rings (SSSR count). The van der Waals surface area contributed by atoms with Crippen molar-refractivity contribution < 1.29 is 10.2 Å². The summed E-state index contributed by atoms with van der Waals surface area (Å²) >= 11 is 2.12. The van der Waals surface area contributed by atoms with Crippen molar-refractivity contribution in [3.63, 3.8) is 0 Å². The molecule has 1 unspecified atom stereocenters. The van der Waals surface area contributed by atoms with E-state index in [1.165, 1.54) is 120 Å². The molecule has 2 aromatic carbocycles. The molecule has 0 heterocycles. The van der Waals surface area contributed by atoms with E-state index in [0.717, 1.165) is 28.7 Å². The normalized spacial score (nSPS) is 13.1. The molecule has 0 radical (unpaired) electrons. The average Bonchev–Trinajstić information content (AvgIpc) is 2.96. The predicted molar refractivity (Wildman–Crippen MR) is 211 cm³/mol. The van der Waals surface area contributed by atoms with Gasteiger partial charge in [-0.1, -0.05) is 164 Å². The van der Waals surface area contributed by atoms with E-state index >= 15 is 0 Å². The van der Waals surface area contributed by atoms with Crippen LogP contribution in [0, 0.1) is 13.8 Å². The molecule has 0 aliphatic rings. The predicted octanol–water partition coefficient (Wildman–Crippen LogP) is 14.2. The van der Waals surface area contributed by atoms with E-state index in [1.807, 2.05) is 12.1 Å². The number of aromatic hydroxyl groups is 2. The molecule has 2 nitrogen and oxygen atoms in total. The minimum atomic E-state index is -0.148. The van der Waals surface area contributed by atoms with Gasteiger partial charge in [-0.2, -0.15) is 11.8 Å². The Hall–Kier alpha value is -1.61. The zero-order valence-corrected chi connectivity index (χ0v) is 33.3. The summed E-state index contributed by atoms with van der Waals surface area (Å²) in [4.78, 5) is 0. The van der Waals surface area contributed by atoms with Crippen LogP contribution in [0.15, 0.2) is 24.3 Å². The molecule has 0 fully saturated rings. The second-order valence-electron chi connectivity index (χ2n) is 16.7. The van der Waals surface area contributed by atoms with Crippen LogP contribution in [0.2, 0.25) is 0 Å². The molecule has 268 valence electrons. The summed E-state index contributed by atoms with van der Waals surface area (Å²) in [5, 5.41) is 22.3. The molecule has 0 saturated carbocycles. The number of rotatable bonds is 22. The van der Waals surface area contributed by atoms with Crippen LogP contribution in [0.4, 0.5) is 0 Å². The van der Waals surface area contributed by atoms with E-state index in [2.05, 4.69) is 93.1 Å². The molecule has 0 spiro atoms. The Bertz CT molecular complexity index is 1100. The molecule has 0 aliphatic heterocycles. The minimum absolute atomic E-state index is 0.148. The van der Waals surface area contributed by atoms with Crippen LogP contribution in [0.5, 0.6) is 11.5 Å². The number of thioether (sulfide) groups is 1. The van der Waals surface area contributed by atoms with Crippen LogP contribution in [0.25, 0.3) is 0 Å². The van der Waals surface area contributed by atoms with Gasteiger partial charge in [-0.3, -0.25) is 0 Å². The van der Waals surface area contributed by atoms with E-state index in [4.69, 9.17) is 0 Å². The van der Waals surface area contributed by atoms with Gasteiger partial charge in [0, 0.05) is 11.2 Å². The highest BCUT2D eigenvalue weighted by atomic mass is 32.2. The molecule has 0 amide bonds. The molecule has 2 N–H and O–H groups in total. The van der Waals surface area contributed by atoms with Crippen molar-refractivity contribution in [3.05, 3.63) is 57.6 Å². The number of hydrogen-bond donors (Lipinski definition) is 2. The fourth-order valence-electron chi connectivity index (χ4n) is 7.13. The molecule has 0 bridgehead atoms.